The van der Waals surface area contributed by atoms with Gasteiger partial charge in [0.05, 0.1) is 5.75 Å². The summed E-state index contributed by atoms with van der Waals surface area (Å²) in [5, 5.41) is 3.28. The average molecular weight is 262 g/mol. The topological polar surface area (TPSA) is 49.4 Å². The lowest BCUT2D eigenvalue weighted by Gasteiger charge is -2.34. The second kappa shape index (κ2) is 5.67. The Labute approximate surface area is 106 Å². The fourth-order valence-electron chi connectivity index (χ4n) is 2.39. The van der Waals surface area contributed by atoms with E-state index in [0.717, 1.165) is 25.9 Å². The Morgan fingerprint density at radius 1 is 1.35 bits per heavy atom. The number of likely N-dealkylation sites (N-methyl/N-ethyl adjacent to an activating group) is 1. The van der Waals surface area contributed by atoms with Gasteiger partial charge >= 0.3 is 0 Å². The summed E-state index contributed by atoms with van der Waals surface area (Å²) in [6.07, 6.45) is 2.04. The van der Waals surface area contributed by atoms with Gasteiger partial charge in [-0.1, -0.05) is 27.7 Å². The van der Waals surface area contributed by atoms with E-state index in [-0.39, 0.29) is 17.2 Å². The molecule has 17 heavy (non-hydrogen) atoms. The van der Waals surface area contributed by atoms with Crippen LogP contribution in [-0.4, -0.2) is 44.2 Å². The lowest BCUT2D eigenvalue weighted by atomic mass is 10.0. The minimum Gasteiger partial charge on any atom is -0.315 e. The highest BCUT2D eigenvalue weighted by molar-refractivity contribution is 7.89. The summed E-state index contributed by atoms with van der Waals surface area (Å²) in [6.45, 7) is 10.2. The highest BCUT2D eigenvalue weighted by atomic mass is 32.2. The minimum atomic E-state index is -3.14. The van der Waals surface area contributed by atoms with Crippen LogP contribution in [0, 0.1) is 5.41 Å². The summed E-state index contributed by atoms with van der Waals surface area (Å²) in [7, 11) is -3.14. The summed E-state index contributed by atoms with van der Waals surface area (Å²) in [5.74, 6) is 0.227. The molecule has 1 unspecified atom stereocenters. The van der Waals surface area contributed by atoms with Crippen LogP contribution in [0.4, 0.5) is 0 Å². The largest absolute Gasteiger partial charge is 0.315 e. The zero-order valence-corrected chi connectivity index (χ0v) is 12.3. The molecule has 1 atom stereocenters. The molecule has 4 nitrogen and oxygen atoms in total. The third-order valence-corrected chi connectivity index (χ3v) is 5.46. The van der Waals surface area contributed by atoms with E-state index in [1.54, 1.807) is 4.31 Å². The van der Waals surface area contributed by atoms with Crippen LogP contribution >= 0.6 is 0 Å². The molecule has 1 aliphatic heterocycles. The zero-order valence-electron chi connectivity index (χ0n) is 11.5. The van der Waals surface area contributed by atoms with Crippen molar-refractivity contribution in [2.75, 3.05) is 25.4 Å². The van der Waals surface area contributed by atoms with E-state index < -0.39 is 10.0 Å². The Bertz CT molecular complexity index is 327. The molecule has 1 rings (SSSR count). The molecular formula is C12H26N2O2S. The lowest BCUT2D eigenvalue weighted by molar-refractivity contribution is 0.270. The van der Waals surface area contributed by atoms with Gasteiger partial charge in [-0.3, -0.25) is 0 Å². The van der Waals surface area contributed by atoms with Crippen LogP contribution in [-0.2, 0) is 10.0 Å². The molecule has 0 amide bonds. The Hall–Kier alpha value is -0.130. The van der Waals surface area contributed by atoms with Gasteiger partial charge < -0.3 is 5.32 Å². The molecular weight excluding hydrogens is 236 g/mol. The van der Waals surface area contributed by atoms with E-state index in [2.05, 4.69) is 5.32 Å². The molecule has 0 spiro atoms. The van der Waals surface area contributed by atoms with Crippen molar-refractivity contribution in [3.8, 4) is 0 Å². The fraction of sp³-hybridized carbons (Fsp3) is 1.00. The molecule has 0 aromatic carbocycles. The summed E-state index contributed by atoms with van der Waals surface area (Å²) in [6, 6.07) is 0.140. The first-order chi connectivity index (χ1) is 7.76. The SMILES string of the molecule is CCN(C1CCCNC1)S(=O)(=O)CC(C)(C)C. The molecule has 0 saturated carbocycles. The predicted molar refractivity (Wildman–Crippen MR) is 71.5 cm³/mol. The smallest absolute Gasteiger partial charge is 0.214 e. The van der Waals surface area contributed by atoms with Crippen molar-refractivity contribution in [2.24, 2.45) is 5.41 Å². The molecule has 0 radical (unpaired) electrons. The predicted octanol–water partition coefficient (Wildman–Crippen LogP) is 1.44. The van der Waals surface area contributed by atoms with Crippen molar-refractivity contribution in [1.82, 2.24) is 9.62 Å². The third-order valence-electron chi connectivity index (χ3n) is 2.96. The number of nitrogens with one attached hydrogen (secondary N) is 1. The van der Waals surface area contributed by atoms with E-state index in [9.17, 15) is 8.42 Å². The van der Waals surface area contributed by atoms with Crippen LogP contribution in [0.3, 0.4) is 0 Å². The van der Waals surface area contributed by atoms with Crippen molar-refractivity contribution < 1.29 is 8.42 Å². The van der Waals surface area contributed by atoms with Gasteiger partial charge in [0, 0.05) is 19.1 Å². The fourth-order valence-corrected chi connectivity index (χ4v) is 4.68. The monoisotopic (exact) mass is 262 g/mol. The normalized spacial score (nSPS) is 23.0. The molecule has 1 aliphatic rings. The molecule has 0 bridgehead atoms. The summed E-state index contributed by atoms with van der Waals surface area (Å²) in [4.78, 5) is 0. The van der Waals surface area contributed by atoms with E-state index in [1.165, 1.54) is 0 Å². The quantitative estimate of drug-likeness (QED) is 0.834. The number of nitrogens with zero attached hydrogens (tertiary/aromatic N) is 1. The average Bonchev–Trinajstić information content (AvgIpc) is 2.15. The molecule has 0 aromatic rings. The van der Waals surface area contributed by atoms with Gasteiger partial charge in [0.15, 0.2) is 0 Å². The van der Waals surface area contributed by atoms with Crippen LogP contribution in [0.2, 0.25) is 0 Å². The number of rotatable bonds is 4. The maximum atomic E-state index is 12.4. The van der Waals surface area contributed by atoms with E-state index >= 15 is 0 Å². The zero-order chi connectivity index (χ0) is 13.1. The molecule has 0 aromatic heterocycles. The van der Waals surface area contributed by atoms with E-state index in [1.807, 2.05) is 27.7 Å². The maximum absolute atomic E-state index is 12.4. The first kappa shape index (κ1) is 14.9. The van der Waals surface area contributed by atoms with Crippen LogP contribution in [0.5, 0.6) is 0 Å². The molecule has 102 valence electrons. The van der Waals surface area contributed by atoms with Crippen molar-refractivity contribution in [1.29, 1.82) is 0 Å². The van der Waals surface area contributed by atoms with Gasteiger partial charge in [0.1, 0.15) is 0 Å². The number of hydrogen-bond acceptors (Lipinski definition) is 3. The van der Waals surface area contributed by atoms with Crippen LogP contribution in [0.15, 0.2) is 0 Å². The van der Waals surface area contributed by atoms with Gasteiger partial charge in [-0.15, -0.1) is 0 Å². The van der Waals surface area contributed by atoms with Gasteiger partial charge in [-0.25, -0.2) is 8.42 Å². The third kappa shape index (κ3) is 4.56. The first-order valence-electron chi connectivity index (χ1n) is 6.46. The van der Waals surface area contributed by atoms with E-state index in [0.29, 0.717) is 6.54 Å². The Balaban J connectivity index is 2.78. The summed E-state index contributed by atoms with van der Waals surface area (Å²) in [5.41, 5.74) is -0.186. The lowest BCUT2D eigenvalue weighted by Crippen LogP contribution is -2.50. The standard InChI is InChI=1S/C12H26N2O2S/c1-5-14(11-7-6-8-13-9-11)17(15,16)10-12(2,3)4/h11,13H,5-10H2,1-4H3. The Morgan fingerprint density at radius 2 is 2.00 bits per heavy atom. The summed E-state index contributed by atoms with van der Waals surface area (Å²) >= 11 is 0. The second-order valence-electron chi connectivity index (χ2n) is 6.02. The Morgan fingerprint density at radius 3 is 2.41 bits per heavy atom. The maximum Gasteiger partial charge on any atom is 0.214 e. The minimum absolute atomic E-state index is 0.140. The van der Waals surface area contributed by atoms with Crippen molar-refractivity contribution in [3.63, 3.8) is 0 Å². The van der Waals surface area contributed by atoms with Crippen LogP contribution in [0.25, 0.3) is 0 Å². The second-order valence-corrected chi connectivity index (χ2v) is 7.94. The van der Waals surface area contributed by atoms with Gasteiger partial charge in [0.25, 0.3) is 0 Å². The molecule has 1 fully saturated rings. The summed E-state index contributed by atoms with van der Waals surface area (Å²) < 4.78 is 26.4. The van der Waals surface area contributed by atoms with Gasteiger partial charge in [-0.05, 0) is 24.8 Å². The van der Waals surface area contributed by atoms with Gasteiger partial charge in [0.2, 0.25) is 10.0 Å². The highest BCUT2D eigenvalue weighted by Gasteiger charge is 2.32. The van der Waals surface area contributed by atoms with Crippen molar-refractivity contribution >= 4 is 10.0 Å². The molecule has 5 heteroatoms. The van der Waals surface area contributed by atoms with Crippen molar-refractivity contribution in [3.05, 3.63) is 0 Å². The molecule has 1 N–H and O–H groups in total. The molecule has 0 aliphatic carbocycles. The van der Waals surface area contributed by atoms with E-state index in [4.69, 9.17) is 0 Å². The van der Waals surface area contributed by atoms with Crippen molar-refractivity contribution in [2.45, 2.75) is 46.6 Å². The Kier molecular flexibility index (Phi) is 4.98. The highest BCUT2D eigenvalue weighted by Crippen LogP contribution is 2.22. The van der Waals surface area contributed by atoms with Gasteiger partial charge in [-0.2, -0.15) is 4.31 Å². The number of piperidine rings is 1. The molecule has 1 saturated heterocycles. The van der Waals surface area contributed by atoms with Crippen LogP contribution in [0.1, 0.15) is 40.5 Å². The first-order valence-corrected chi connectivity index (χ1v) is 8.07. The van der Waals surface area contributed by atoms with Crippen LogP contribution < -0.4 is 5.32 Å². The number of hydrogen-bond donors (Lipinski definition) is 1. The number of sulfonamides is 1. The molecule has 1 heterocycles.